The number of aliphatic hydroxyl groups excluding tert-OH is 2. The van der Waals surface area contributed by atoms with Crippen LogP contribution < -0.4 is 20.9 Å². The summed E-state index contributed by atoms with van der Waals surface area (Å²) in [5, 5.41) is 29.3. The summed E-state index contributed by atoms with van der Waals surface area (Å²) in [4.78, 5) is 44.8. The number of epoxide rings is 1. The maximum Gasteiger partial charge on any atom is 0.643 e. The van der Waals surface area contributed by atoms with Crippen molar-refractivity contribution in [3.8, 4) is 0 Å². The largest absolute Gasteiger partial charge is 0.643 e. The van der Waals surface area contributed by atoms with Crippen LogP contribution in [0.25, 0.3) is 0 Å². The van der Waals surface area contributed by atoms with Crippen LogP contribution in [0, 0.1) is 5.41 Å². The van der Waals surface area contributed by atoms with E-state index in [-0.39, 0.29) is 18.8 Å². The van der Waals surface area contributed by atoms with E-state index in [0.717, 1.165) is 0 Å². The summed E-state index contributed by atoms with van der Waals surface area (Å²) < 4.78 is 52.8. The van der Waals surface area contributed by atoms with Crippen molar-refractivity contribution in [2.45, 2.75) is 37.2 Å². The molecule has 2 unspecified atom stereocenters. The first-order valence-corrected chi connectivity index (χ1v) is 13.7. The topological polar surface area (TPSA) is 260 Å². The van der Waals surface area contributed by atoms with Gasteiger partial charge in [0, 0.05) is 0 Å². The van der Waals surface area contributed by atoms with Gasteiger partial charge in [-0.15, -0.1) is 4.31 Å². The number of nitrogens with zero attached hydrogens (tertiary/aromatic N) is 4. The molecular weight excluding hydrogens is 515 g/mol. The quantitative estimate of drug-likeness (QED) is 0.0767. The zero-order valence-corrected chi connectivity index (χ0v) is 18.9. The molecule has 1 aromatic rings. The van der Waals surface area contributed by atoms with Crippen molar-refractivity contribution in [1.82, 2.24) is 14.1 Å². The van der Waals surface area contributed by atoms with Crippen LogP contribution in [0.2, 0.25) is 0 Å². The fourth-order valence-electron chi connectivity index (χ4n) is 3.88. The summed E-state index contributed by atoms with van der Waals surface area (Å²) in [6.07, 6.45) is -6.58. The van der Waals surface area contributed by atoms with E-state index in [9.17, 15) is 33.7 Å². The molecule has 7 atom stereocenters. The molecule has 5 heterocycles. The number of fused-ring (bicyclic) bond motifs is 3. The molecule has 182 valence electrons. The summed E-state index contributed by atoms with van der Waals surface area (Å²) >= 11 is 0. The molecule has 21 heteroatoms. The van der Waals surface area contributed by atoms with Gasteiger partial charge in [0.25, 0.3) is 6.10 Å². The average Bonchev–Trinajstić information content (AvgIpc) is 3.54. The number of ether oxygens (including phenoxy) is 1. The molecule has 0 saturated carbocycles. The molecule has 0 aromatic carbocycles. The first-order chi connectivity index (χ1) is 15.2. The second kappa shape index (κ2) is 7.38. The third-order valence-electron chi connectivity index (χ3n) is 5.32. The van der Waals surface area contributed by atoms with Gasteiger partial charge in [-0.25, -0.2) is 18.7 Å². The van der Waals surface area contributed by atoms with E-state index in [1.54, 1.807) is 8.72 Å². The van der Waals surface area contributed by atoms with Crippen LogP contribution in [-0.4, -0.2) is 83.3 Å². The minimum Gasteiger partial charge on any atom is -0.387 e. The van der Waals surface area contributed by atoms with Gasteiger partial charge in [-0.1, -0.05) is 0 Å². The van der Waals surface area contributed by atoms with Gasteiger partial charge in [-0.3, -0.25) is 10.3 Å². The van der Waals surface area contributed by atoms with Crippen molar-refractivity contribution in [2.75, 3.05) is 13.3 Å². The average molecular weight is 533 g/mol. The van der Waals surface area contributed by atoms with Crippen LogP contribution in [0.3, 0.4) is 0 Å². The molecule has 0 amide bonds. The van der Waals surface area contributed by atoms with Gasteiger partial charge in [0.1, 0.15) is 12.2 Å². The number of nitrogens with one attached hydrogen (secondary N) is 1. The van der Waals surface area contributed by atoms with Gasteiger partial charge in [-0.2, -0.15) is 18.4 Å². The van der Waals surface area contributed by atoms with Crippen molar-refractivity contribution in [3.05, 3.63) is 22.2 Å². The van der Waals surface area contributed by atoms with Gasteiger partial charge in [0.2, 0.25) is 18.7 Å². The van der Waals surface area contributed by atoms with Crippen molar-refractivity contribution in [2.24, 2.45) is 4.99 Å². The van der Waals surface area contributed by atoms with E-state index >= 15 is 0 Å². The molecule has 33 heavy (non-hydrogen) atoms. The van der Waals surface area contributed by atoms with E-state index in [1.165, 1.54) is 4.58 Å². The molecule has 4 aliphatic rings. The van der Waals surface area contributed by atoms with E-state index in [1.807, 2.05) is 0 Å². The highest BCUT2D eigenvalue weighted by Crippen LogP contribution is 2.71. The molecule has 0 aliphatic carbocycles. The summed E-state index contributed by atoms with van der Waals surface area (Å²) in [6.45, 7) is 0.123. The van der Waals surface area contributed by atoms with Crippen molar-refractivity contribution in [1.29, 1.82) is 5.41 Å². The highest BCUT2D eigenvalue weighted by Gasteiger charge is 2.69. The fourth-order valence-corrected chi connectivity index (χ4v) is 7.53. The van der Waals surface area contributed by atoms with E-state index in [2.05, 4.69) is 18.6 Å². The minimum absolute atomic E-state index is 0.00402. The third-order valence-corrected chi connectivity index (χ3v) is 9.66. The molecule has 0 bridgehead atoms. The van der Waals surface area contributed by atoms with Crippen molar-refractivity contribution >= 4 is 23.5 Å². The monoisotopic (exact) mass is 533 g/mol. The summed E-state index contributed by atoms with van der Waals surface area (Å²) in [5.41, 5.74) is 0.434. The minimum atomic E-state index is -5.64. The lowest BCUT2D eigenvalue weighted by Crippen LogP contribution is -2.52. The van der Waals surface area contributed by atoms with Crippen LogP contribution in [0.1, 0.15) is 5.82 Å². The van der Waals surface area contributed by atoms with Gasteiger partial charge >= 0.3 is 29.0 Å². The van der Waals surface area contributed by atoms with E-state index < -0.39 is 54.1 Å². The van der Waals surface area contributed by atoms with Crippen molar-refractivity contribution < 1.29 is 61.0 Å². The number of aromatic nitrogens is 2. The number of aliphatic hydroxyl groups is 2. The number of rotatable bonds is 7. The Morgan fingerprint density at radius 1 is 1.15 bits per heavy atom. The second-order valence-corrected chi connectivity index (χ2v) is 12.2. The number of hydrogen-bond donors (Lipinski definition) is 7. The lowest BCUT2D eigenvalue weighted by Gasteiger charge is -2.15. The van der Waals surface area contributed by atoms with Crippen LogP contribution in [0.4, 0.5) is 0 Å². The first kappa shape index (κ1) is 23.5. The van der Waals surface area contributed by atoms with Crippen LogP contribution >= 0.6 is 23.5 Å². The molecule has 4 aliphatic heterocycles. The van der Waals surface area contributed by atoms with E-state index in [4.69, 9.17) is 19.9 Å². The zero-order chi connectivity index (χ0) is 24.1. The summed E-state index contributed by atoms with van der Waals surface area (Å²) in [6, 6.07) is 0. The normalized spacial score (nSPS) is 34.2. The number of hydrogen-bond acceptors (Lipinski definition) is 11. The smallest absolute Gasteiger partial charge is 0.387 e. The molecule has 5 rings (SSSR count). The zero-order valence-electron chi connectivity index (χ0n) is 16.2. The molecule has 7 N–H and O–H groups in total. The van der Waals surface area contributed by atoms with E-state index in [0.29, 0.717) is 23.2 Å². The maximum absolute atomic E-state index is 12.3. The highest BCUT2D eigenvalue weighted by atomic mass is 31.3. The van der Waals surface area contributed by atoms with Crippen LogP contribution in [0.5, 0.6) is 0 Å². The summed E-state index contributed by atoms with van der Waals surface area (Å²) in [5.74, 6) is 0.638. The molecule has 2 fully saturated rings. The highest BCUT2D eigenvalue weighted by molar-refractivity contribution is 7.66. The Labute approximate surface area is 182 Å². The predicted octanol–water partition coefficient (Wildman–Crippen LogP) is -4.49. The molecule has 18 nitrogen and oxygen atoms in total. The second-order valence-electron chi connectivity index (χ2n) is 7.57. The Morgan fingerprint density at radius 3 is 2.52 bits per heavy atom. The van der Waals surface area contributed by atoms with Gasteiger partial charge in [0.15, 0.2) is 30.2 Å². The molecule has 1 aromatic heterocycles. The number of phosphoric acid groups is 2. The van der Waals surface area contributed by atoms with Gasteiger partial charge in [0.05, 0.1) is 0 Å². The SMILES string of the molecule is N=c1nc2n(c3c1=NC[N+]=3[C@@H]1O[C@H]([C@H]3C[O+]3P(=O)(O)OP(=O)(O)OP(=O)(O)O)[C@@H](O)[C@H]1O)C2. The molecule has 0 radical (unpaired) electrons. The Morgan fingerprint density at radius 2 is 1.85 bits per heavy atom. The third kappa shape index (κ3) is 4.21. The van der Waals surface area contributed by atoms with Crippen molar-refractivity contribution in [3.63, 3.8) is 0 Å². The Hall–Kier alpha value is -1.23. The van der Waals surface area contributed by atoms with Gasteiger partial charge in [-0.05, 0) is 0 Å². The lowest BCUT2D eigenvalue weighted by molar-refractivity contribution is -0.0438. The fraction of sp³-hybridized carbons (Fsp3) is 0.667. The summed E-state index contributed by atoms with van der Waals surface area (Å²) in [7, 11) is -16.4. The van der Waals surface area contributed by atoms with Crippen LogP contribution in [-0.2, 0) is 37.8 Å². The molecule has 0 spiro atoms. The Bertz CT molecular complexity index is 1370. The first-order valence-electron chi connectivity index (χ1n) is 9.17. The van der Waals surface area contributed by atoms with Gasteiger partial charge < -0.3 is 33.8 Å². The Balaban J connectivity index is 1.35. The van der Waals surface area contributed by atoms with Crippen LogP contribution in [0.15, 0.2) is 4.99 Å². The molecule has 2 saturated heterocycles. The maximum atomic E-state index is 12.3. The Kier molecular flexibility index (Phi) is 5.26. The standard InChI is InChI=1S/C12H16N5O13P3/c13-10-6-11(16-1-5(16)15-10)17(3-14-6)12-8(19)7(18)9(27-12)4-2-30(4)33(25,26)29-32(23,24)28-31(20,21)22/h4,7-9,12-13,18-19H,1-3H2,(H2-2,20,21,22,23,24,25,26)/p+2/t4-,7+,8-,9-,12-/m1/s1. The molecular formula is C12H18N5O13P3+2. The predicted molar refractivity (Wildman–Crippen MR) is 98.3 cm³/mol. The lowest BCUT2D eigenvalue weighted by atomic mass is 10.1.